The quantitative estimate of drug-likeness (QED) is 0.460. The number of ether oxygens (including phenoxy) is 1. The molecule has 7 heteroatoms. The van der Waals surface area contributed by atoms with E-state index in [0.717, 1.165) is 10.3 Å². The lowest BCUT2D eigenvalue weighted by Crippen LogP contribution is -2.22. The molecule has 6 nitrogen and oxygen atoms in total. The highest BCUT2D eigenvalue weighted by atomic mass is 32.2. The number of hydrogen-bond donors (Lipinski definition) is 1. The van der Waals surface area contributed by atoms with E-state index in [4.69, 9.17) is 9.15 Å². The second-order valence-corrected chi connectivity index (χ2v) is 7.21. The molecule has 30 heavy (non-hydrogen) atoms. The second-order valence-electron chi connectivity index (χ2n) is 6.33. The summed E-state index contributed by atoms with van der Waals surface area (Å²) in [6, 6.07) is 20.3. The van der Waals surface area contributed by atoms with Gasteiger partial charge in [-0.3, -0.25) is 4.79 Å². The van der Waals surface area contributed by atoms with Crippen LogP contribution in [-0.2, 0) is 0 Å². The number of thioether (sulfide) groups is 1. The van der Waals surface area contributed by atoms with E-state index in [1.54, 1.807) is 55.4 Å². The minimum Gasteiger partial charge on any atom is -0.493 e. The van der Waals surface area contributed by atoms with E-state index >= 15 is 0 Å². The van der Waals surface area contributed by atoms with E-state index in [0.29, 0.717) is 28.4 Å². The van der Waals surface area contributed by atoms with Crippen LogP contribution >= 0.6 is 11.8 Å². The zero-order valence-corrected chi connectivity index (χ0v) is 17.3. The number of carbonyl (C=O) groups excluding carboxylic acids is 1. The summed E-state index contributed by atoms with van der Waals surface area (Å²) in [6.45, 7) is 0. The standard InChI is InChI=1S/C23H19N3O3S/c1-28-19-10-5-7-15-13-18(22(27)26-20-11-3-4-12-24-20)23(29-21(15)19)25-16-8-6-9-17(14-16)30-2/h3-14H,1-2H3,(H,24,26,27). The molecule has 2 aromatic heterocycles. The first-order chi connectivity index (χ1) is 14.7. The fourth-order valence-corrected chi connectivity index (χ4v) is 3.40. The predicted octanol–water partition coefficient (Wildman–Crippen LogP) is 5.04. The van der Waals surface area contributed by atoms with E-state index in [9.17, 15) is 4.79 Å². The maximum absolute atomic E-state index is 13.0. The summed E-state index contributed by atoms with van der Waals surface area (Å²) in [6.07, 6.45) is 3.61. The van der Waals surface area contributed by atoms with E-state index in [-0.39, 0.29) is 11.5 Å². The molecule has 0 spiro atoms. The maximum Gasteiger partial charge on any atom is 0.262 e. The minimum atomic E-state index is -0.359. The summed E-state index contributed by atoms with van der Waals surface area (Å²) < 4.78 is 11.5. The second kappa shape index (κ2) is 8.84. The number of pyridine rings is 1. The van der Waals surface area contributed by atoms with Crippen molar-refractivity contribution in [2.24, 2.45) is 4.99 Å². The number of amides is 1. The molecule has 0 radical (unpaired) electrons. The maximum atomic E-state index is 13.0. The van der Waals surface area contributed by atoms with Crippen molar-refractivity contribution in [3.63, 3.8) is 0 Å². The Balaban J connectivity index is 1.89. The molecule has 0 unspecified atom stereocenters. The number of nitrogens with one attached hydrogen (secondary N) is 1. The first-order valence-electron chi connectivity index (χ1n) is 9.20. The van der Waals surface area contributed by atoms with Gasteiger partial charge in [-0.2, -0.15) is 0 Å². The Labute approximate surface area is 177 Å². The third-order valence-corrected chi connectivity index (χ3v) is 5.12. The molecule has 2 aromatic carbocycles. The van der Waals surface area contributed by atoms with Crippen LogP contribution in [0.1, 0.15) is 10.4 Å². The van der Waals surface area contributed by atoms with Crippen LogP contribution in [-0.4, -0.2) is 24.3 Å². The fourth-order valence-electron chi connectivity index (χ4n) is 2.95. The zero-order valence-electron chi connectivity index (χ0n) is 16.5. The summed E-state index contributed by atoms with van der Waals surface area (Å²) in [5.74, 6) is 0.656. The third-order valence-electron chi connectivity index (χ3n) is 4.39. The number of rotatable bonds is 5. The molecule has 0 bridgehead atoms. The number of hydrogen-bond acceptors (Lipinski definition) is 6. The monoisotopic (exact) mass is 417 g/mol. The molecule has 2 heterocycles. The van der Waals surface area contributed by atoms with Crippen molar-refractivity contribution in [2.75, 3.05) is 18.7 Å². The van der Waals surface area contributed by atoms with Gasteiger partial charge in [0.25, 0.3) is 5.91 Å². The Hall–Kier alpha value is -3.58. The Morgan fingerprint density at radius 2 is 1.97 bits per heavy atom. The number of anilines is 1. The topological polar surface area (TPSA) is 76.7 Å². The van der Waals surface area contributed by atoms with Crippen molar-refractivity contribution in [3.05, 3.63) is 84.0 Å². The minimum absolute atomic E-state index is 0.193. The smallest absolute Gasteiger partial charge is 0.262 e. The molecule has 0 fully saturated rings. The van der Waals surface area contributed by atoms with E-state index in [1.807, 2.05) is 42.7 Å². The van der Waals surface area contributed by atoms with Gasteiger partial charge in [0.2, 0.25) is 5.55 Å². The Morgan fingerprint density at radius 3 is 2.73 bits per heavy atom. The van der Waals surface area contributed by atoms with Crippen LogP contribution < -0.4 is 15.6 Å². The number of fused-ring (bicyclic) bond motifs is 1. The molecule has 4 rings (SSSR count). The molecule has 0 atom stereocenters. The van der Waals surface area contributed by atoms with Crippen LogP contribution in [0.5, 0.6) is 5.75 Å². The van der Waals surface area contributed by atoms with Crippen molar-refractivity contribution in [1.29, 1.82) is 0 Å². The molecule has 0 aliphatic rings. The summed E-state index contributed by atoms with van der Waals surface area (Å²) >= 11 is 1.62. The van der Waals surface area contributed by atoms with Gasteiger partial charge in [-0.15, -0.1) is 11.8 Å². The van der Waals surface area contributed by atoms with Gasteiger partial charge in [-0.1, -0.05) is 24.3 Å². The van der Waals surface area contributed by atoms with Crippen LogP contribution in [0.2, 0.25) is 0 Å². The number of benzene rings is 2. The van der Waals surface area contributed by atoms with Crippen molar-refractivity contribution in [2.45, 2.75) is 4.90 Å². The molecule has 0 aliphatic carbocycles. The lowest BCUT2D eigenvalue weighted by Gasteiger charge is -2.08. The van der Waals surface area contributed by atoms with Crippen LogP contribution in [0.25, 0.3) is 11.0 Å². The van der Waals surface area contributed by atoms with Crippen LogP contribution in [0.15, 0.2) is 87.2 Å². The average molecular weight is 417 g/mol. The molecule has 1 N–H and O–H groups in total. The van der Waals surface area contributed by atoms with Gasteiger partial charge in [0, 0.05) is 16.5 Å². The van der Waals surface area contributed by atoms with E-state index in [2.05, 4.69) is 15.3 Å². The van der Waals surface area contributed by atoms with Crippen LogP contribution in [0.3, 0.4) is 0 Å². The largest absolute Gasteiger partial charge is 0.493 e. The predicted molar refractivity (Wildman–Crippen MR) is 118 cm³/mol. The van der Waals surface area contributed by atoms with Gasteiger partial charge in [0.15, 0.2) is 11.3 Å². The molecule has 0 aliphatic heterocycles. The van der Waals surface area contributed by atoms with Crippen molar-refractivity contribution in [1.82, 2.24) is 4.98 Å². The SMILES string of the molecule is COc1cccc2cc(C(=O)Nc3ccccn3)c(=Nc3cccc(SC)c3)oc12. The van der Waals surface area contributed by atoms with Crippen molar-refractivity contribution in [3.8, 4) is 5.75 Å². The molecular formula is C23H19N3O3S. The summed E-state index contributed by atoms with van der Waals surface area (Å²) in [4.78, 5) is 22.9. The molecule has 4 aromatic rings. The number of methoxy groups -OCH3 is 1. The third kappa shape index (κ3) is 4.21. The van der Waals surface area contributed by atoms with E-state index < -0.39 is 0 Å². The molecule has 0 saturated heterocycles. The van der Waals surface area contributed by atoms with Gasteiger partial charge < -0.3 is 14.5 Å². The first kappa shape index (κ1) is 19.7. The normalized spacial score (nSPS) is 11.5. The van der Waals surface area contributed by atoms with Gasteiger partial charge in [-0.25, -0.2) is 9.98 Å². The Kier molecular flexibility index (Phi) is 5.81. The summed E-state index contributed by atoms with van der Waals surface area (Å²) in [5.41, 5.74) is 1.70. The molecule has 150 valence electrons. The van der Waals surface area contributed by atoms with E-state index in [1.165, 1.54) is 0 Å². The number of nitrogens with zero attached hydrogens (tertiary/aromatic N) is 2. The average Bonchev–Trinajstić information content (AvgIpc) is 2.79. The summed E-state index contributed by atoms with van der Waals surface area (Å²) in [7, 11) is 1.57. The highest BCUT2D eigenvalue weighted by Crippen LogP contribution is 2.26. The van der Waals surface area contributed by atoms with Gasteiger partial charge in [0.05, 0.1) is 12.8 Å². The first-order valence-corrected chi connectivity index (χ1v) is 10.4. The number of aromatic nitrogens is 1. The van der Waals surface area contributed by atoms with Crippen LogP contribution in [0, 0.1) is 0 Å². The number of carbonyl (C=O) groups is 1. The highest BCUT2D eigenvalue weighted by Gasteiger charge is 2.15. The summed E-state index contributed by atoms with van der Waals surface area (Å²) in [5, 5.41) is 3.53. The van der Waals surface area contributed by atoms with Gasteiger partial charge in [-0.05, 0) is 48.7 Å². The Morgan fingerprint density at radius 1 is 1.10 bits per heavy atom. The molecular weight excluding hydrogens is 398 g/mol. The highest BCUT2D eigenvalue weighted by molar-refractivity contribution is 7.98. The van der Waals surface area contributed by atoms with Crippen molar-refractivity contribution < 1.29 is 13.9 Å². The fraction of sp³-hybridized carbons (Fsp3) is 0.0870. The van der Waals surface area contributed by atoms with Gasteiger partial charge in [0.1, 0.15) is 11.4 Å². The molecule has 0 saturated carbocycles. The lowest BCUT2D eigenvalue weighted by atomic mass is 10.1. The van der Waals surface area contributed by atoms with Crippen molar-refractivity contribution >= 4 is 40.1 Å². The lowest BCUT2D eigenvalue weighted by molar-refractivity contribution is 0.102. The van der Waals surface area contributed by atoms with Crippen LogP contribution in [0.4, 0.5) is 11.5 Å². The zero-order chi connectivity index (χ0) is 20.9. The number of para-hydroxylation sites is 1. The van der Waals surface area contributed by atoms with Gasteiger partial charge >= 0.3 is 0 Å². The Bertz CT molecular complexity index is 1270. The molecule has 1 amide bonds.